The van der Waals surface area contributed by atoms with Crippen molar-refractivity contribution >= 4 is 11.9 Å². The summed E-state index contributed by atoms with van der Waals surface area (Å²) in [6.07, 6.45) is 2.07. The van der Waals surface area contributed by atoms with Crippen molar-refractivity contribution in [3.8, 4) is 5.75 Å². The smallest absolute Gasteiger partial charge is 0.241 e. The average Bonchev–Trinajstić information content (AvgIpc) is 2.75. The van der Waals surface area contributed by atoms with Gasteiger partial charge in [-0.3, -0.25) is 4.79 Å². The maximum Gasteiger partial charge on any atom is 0.241 e. The number of nitrogens with one attached hydrogen (secondary N) is 2. The Labute approximate surface area is 174 Å². The summed E-state index contributed by atoms with van der Waals surface area (Å²) in [5, 5.41) is 6.68. The molecular weight excluding hydrogens is 370 g/mol. The van der Waals surface area contributed by atoms with Gasteiger partial charge in [0, 0.05) is 46.9 Å². The molecule has 0 saturated carbocycles. The van der Waals surface area contributed by atoms with E-state index in [1.807, 2.05) is 24.3 Å². The Morgan fingerprint density at radius 1 is 1.21 bits per heavy atom. The van der Waals surface area contributed by atoms with Gasteiger partial charge in [-0.25, -0.2) is 4.99 Å². The van der Waals surface area contributed by atoms with Crippen LogP contribution < -0.4 is 15.4 Å². The highest BCUT2D eigenvalue weighted by atomic mass is 16.5. The number of benzene rings is 1. The second-order valence-electron chi connectivity index (χ2n) is 7.41. The third-order valence-electron chi connectivity index (χ3n) is 5.02. The number of aliphatic imine (C=N–C) groups is 1. The normalized spacial score (nSPS) is 15.8. The molecule has 2 N–H and O–H groups in total. The van der Waals surface area contributed by atoms with Crippen LogP contribution in [0, 0.1) is 0 Å². The molecule has 8 heteroatoms. The van der Waals surface area contributed by atoms with E-state index in [1.54, 1.807) is 33.2 Å². The Bertz CT molecular complexity index is 640. The fraction of sp³-hybridized carbons (Fsp3) is 0.619. The fourth-order valence-corrected chi connectivity index (χ4v) is 3.09. The lowest BCUT2D eigenvalue weighted by atomic mass is 10.1. The van der Waals surface area contributed by atoms with E-state index in [1.165, 1.54) is 0 Å². The van der Waals surface area contributed by atoms with E-state index in [-0.39, 0.29) is 12.5 Å². The van der Waals surface area contributed by atoms with Crippen molar-refractivity contribution in [2.24, 2.45) is 4.99 Å². The number of nitrogens with zero attached hydrogens (tertiary/aromatic N) is 3. The molecule has 1 fully saturated rings. The van der Waals surface area contributed by atoms with Crippen LogP contribution in [0.5, 0.6) is 5.75 Å². The van der Waals surface area contributed by atoms with Crippen molar-refractivity contribution in [1.29, 1.82) is 0 Å². The van der Waals surface area contributed by atoms with Crippen molar-refractivity contribution in [2.75, 3.05) is 61.1 Å². The number of methoxy groups -OCH3 is 2. The first-order valence-electron chi connectivity index (χ1n) is 10.1. The largest absolute Gasteiger partial charge is 0.497 e. The molecule has 0 aliphatic carbocycles. The molecule has 0 aromatic heterocycles. The van der Waals surface area contributed by atoms with E-state index >= 15 is 0 Å². The van der Waals surface area contributed by atoms with E-state index in [2.05, 4.69) is 15.5 Å². The number of carbonyl (C=O) groups is 1. The van der Waals surface area contributed by atoms with E-state index in [0.717, 1.165) is 50.4 Å². The van der Waals surface area contributed by atoms with E-state index in [0.29, 0.717) is 18.5 Å². The van der Waals surface area contributed by atoms with Gasteiger partial charge in [0.2, 0.25) is 5.91 Å². The van der Waals surface area contributed by atoms with E-state index in [4.69, 9.17) is 14.5 Å². The highest BCUT2D eigenvalue weighted by Crippen LogP contribution is 2.12. The molecule has 8 nitrogen and oxygen atoms in total. The van der Waals surface area contributed by atoms with Crippen LogP contribution in [0.4, 0.5) is 0 Å². The fourth-order valence-electron chi connectivity index (χ4n) is 3.09. The van der Waals surface area contributed by atoms with Crippen molar-refractivity contribution in [1.82, 2.24) is 20.4 Å². The number of amides is 1. The summed E-state index contributed by atoms with van der Waals surface area (Å²) in [4.78, 5) is 20.7. The van der Waals surface area contributed by atoms with Crippen molar-refractivity contribution in [3.05, 3.63) is 29.8 Å². The Balaban J connectivity index is 1.94. The Morgan fingerprint density at radius 3 is 2.48 bits per heavy atom. The predicted molar refractivity (Wildman–Crippen MR) is 115 cm³/mol. The Morgan fingerprint density at radius 2 is 1.90 bits per heavy atom. The molecule has 2 rings (SSSR count). The zero-order valence-electron chi connectivity index (χ0n) is 18.1. The topological polar surface area (TPSA) is 78.4 Å². The summed E-state index contributed by atoms with van der Waals surface area (Å²) in [5.41, 5.74) is 1.08. The zero-order valence-corrected chi connectivity index (χ0v) is 18.1. The predicted octanol–water partition coefficient (Wildman–Crippen LogP) is 0.929. The third-order valence-corrected chi connectivity index (χ3v) is 5.02. The number of hydrogen-bond acceptors (Lipinski definition) is 5. The minimum atomic E-state index is 0.0123. The SMILES string of the molecule is COCCN1CCC(NC(=NCc2ccc(OC)cc2)NCC(=O)N(C)C)CC1. The highest BCUT2D eigenvalue weighted by molar-refractivity contribution is 5.86. The molecule has 1 aromatic carbocycles. The van der Waals surface area contributed by atoms with Crippen LogP contribution in [0.25, 0.3) is 0 Å². The second kappa shape index (κ2) is 12.3. The standard InChI is InChI=1S/C21H35N5O3/c1-25(2)20(27)16-23-21(22-15-17-5-7-19(29-4)8-6-17)24-18-9-11-26(12-10-18)13-14-28-3/h5-8,18H,9-16H2,1-4H3,(H2,22,23,24). The van der Waals surface area contributed by atoms with Gasteiger partial charge in [-0.05, 0) is 30.5 Å². The molecule has 0 radical (unpaired) electrons. The monoisotopic (exact) mass is 405 g/mol. The number of carbonyl (C=O) groups excluding carboxylic acids is 1. The molecule has 0 unspecified atom stereocenters. The molecule has 1 heterocycles. The van der Waals surface area contributed by atoms with Gasteiger partial charge in [0.25, 0.3) is 0 Å². The lowest BCUT2D eigenvalue weighted by Gasteiger charge is -2.33. The van der Waals surface area contributed by atoms with Gasteiger partial charge >= 0.3 is 0 Å². The first-order valence-corrected chi connectivity index (χ1v) is 10.1. The van der Waals surface area contributed by atoms with Crippen molar-refractivity contribution in [3.63, 3.8) is 0 Å². The molecule has 29 heavy (non-hydrogen) atoms. The summed E-state index contributed by atoms with van der Waals surface area (Å²) < 4.78 is 10.4. The van der Waals surface area contributed by atoms with Crippen LogP contribution in [0.15, 0.2) is 29.3 Å². The van der Waals surface area contributed by atoms with Gasteiger partial charge < -0.3 is 29.9 Å². The van der Waals surface area contributed by atoms with Crippen LogP contribution in [0.3, 0.4) is 0 Å². The lowest BCUT2D eigenvalue weighted by molar-refractivity contribution is -0.127. The zero-order chi connectivity index (χ0) is 21.1. The Kier molecular flexibility index (Phi) is 9.73. The number of guanidine groups is 1. The average molecular weight is 406 g/mol. The summed E-state index contributed by atoms with van der Waals surface area (Å²) in [5.74, 6) is 1.51. The molecule has 162 valence electrons. The number of likely N-dealkylation sites (tertiary alicyclic amines) is 1. The van der Waals surface area contributed by atoms with Crippen LogP contribution in [-0.2, 0) is 16.1 Å². The van der Waals surface area contributed by atoms with Crippen molar-refractivity contribution in [2.45, 2.75) is 25.4 Å². The number of ether oxygens (including phenoxy) is 2. The quantitative estimate of drug-likeness (QED) is 0.470. The van der Waals surface area contributed by atoms with Gasteiger partial charge in [-0.1, -0.05) is 12.1 Å². The summed E-state index contributed by atoms with van der Waals surface area (Å²) >= 11 is 0. The number of likely N-dealkylation sites (N-methyl/N-ethyl adjacent to an activating group) is 1. The molecule has 1 amide bonds. The molecule has 0 spiro atoms. The molecule has 1 aliphatic heterocycles. The van der Waals surface area contributed by atoms with Crippen LogP contribution in [0.2, 0.25) is 0 Å². The van der Waals surface area contributed by atoms with Gasteiger partial charge in [0.05, 0.1) is 26.8 Å². The van der Waals surface area contributed by atoms with Crippen molar-refractivity contribution < 1.29 is 14.3 Å². The lowest BCUT2D eigenvalue weighted by Crippen LogP contribution is -2.50. The van der Waals surface area contributed by atoms with E-state index < -0.39 is 0 Å². The number of piperidine rings is 1. The maximum atomic E-state index is 12.0. The number of hydrogen-bond donors (Lipinski definition) is 2. The summed E-state index contributed by atoms with van der Waals surface area (Å²) in [6.45, 7) is 4.54. The summed E-state index contributed by atoms with van der Waals surface area (Å²) in [6, 6.07) is 8.19. The maximum absolute atomic E-state index is 12.0. The second-order valence-corrected chi connectivity index (χ2v) is 7.41. The highest BCUT2D eigenvalue weighted by Gasteiger charge is 2.20. The first-order chi connectivity index (χ1) is 14.0. The Hall–Kier alpha value is -2.32. The molecule has 0 bridgehead atoms. The minimum absolute atomic E-state index is 0.0123. The number of rotatable bonds is 9. The van der Waals surface area contributed by atoms with Crippen LogP contribution in [-0.4, -0.2) is 88.8 Å². The van der Waals surface area contributed by atoms with Crippen LogP contribution in [0.1, 0.15) is 18.4 Å². The van der Waals surface area contributed by atoms with Gasteiger partial charge in [-0.15, -0.1) is 0 Å². The van der Waals surface area contributed by atoms with Gasteiger partial charge in [0.1, 0.15) is 5.75 Å². The molecule has 1 aromatic rings. The molecule has 1 aliphatic rings. The van der Waals surface area contributed by atoms with Crippen LogP contribution >= 0.6 is 0 Å². The molecule has 1 saturated heterocycles. The molecular formula is C21H35N5O3. The van der Waals surface area contributed by atoms with E-state index in [9.17, 15) is 4.79 Å². The third kappa shape index (κ3) is 8.29. The molecule has 0 atom stereocenters. The minimum Gasteiger partial charge on any atom is -0.497 e. The summed E-state index contributed by atoms with van der Waals surface area (Å²) in [7, 11) is 6.89. The van der Waals surface area contributed by atoms with Gasteiger partial charge in [-0.2, -0.15) is 0 Å². The first kappa shape index (κ1) is 23.0. The van der Waals surface area contributed by atoms with Gasteiger partial charge in [0.15, 0.2) is 5.96 Å².